The first kappa shape index (κ1) is 17.5. The smallest absolute Gasteiger partial charge is 0.242 e. The molecule has 0 amide bonds. The number of nitrogens with zero attached hydrogens (tertiary/aromatic N) is 2. The van der Waals surface area contributed by atoms with Crippen molar-refractivity contribution in [1.82, 2.24) is 19.7 Å². The predicted octanol–water partition coefficient (Wildman–Crippen LogP) is 1.98. The number of pyridine rings is 2. The molecular weight excluding hydrogens is 340 g/mol. The molecule has 0 atom stereocenters. The Balaban J connectivity index is 1.97. The first-order chi connectivity index (χ1) is 11.7. The van der Waals surface area contributed by atoms with Crippen molar-refractivity contribution in [3.05, 3.63) is 42.4 Å². The molecule has 8 heteroatoms. The van der Waals surface area contributed by atoms with Crippen molar-refractivity contribution in [2.75, 3.05) is 6.61 Å². The van der Waals surface area contributed by atoms with E-state index in [1.54, 1.807) is 26.1 Å². The molecule has 0 aliphatic carbocycles. The van der Waals surface area contributed by atoms with Gasteiger partial charge in [-0.1, -0.05) is 0 Å². The SMILES string of the molecule is Cc1cc2c(-c3ccc(S(=O)(=O)NC(C)(C)CO)cn3)ccnc2[nH]1. The van der Waals surface area contributed by atoms with Crippen LogP contribution in [0.25, 0.3) is 22.3 Å². The molecule has 0 aliphatic rings. The minimum atomic E-state index is -3.76. The maximum atomic E-state index is 12.4. The maximum Gasteiger partial charge on any atom is 0.242 e. The molecule has 3 aromatic heterocycles. The van der Waals surface area contributed by atoms with Crippen molar-refractivity contribution in [1.29, 1.82) is 0 Å². The van der Waals surface area contributed by atoms with Gasteiger partial charge in [0.1, 0.15) is 10.5 Å². The van der Waals surface area contributed by atoms with Crippen LogP contribution in [0.1, 0.15) is 19.5 Å². The van der Waals surface area contributed by atoms with Crippen LogP contribution in [0, 0.1) is 6.92 Å². The third-order valence-corrected chi connectivity index (χ3v) is 5.48. The highest BCUT2D eigenvalue weighted by Crippen LogP contribution is 2.27. The van der Waals surface area contributed by atoms with E-state index < -0.39 is 15.6 Å². The lowest BCUT2D eigenvalue weighted by molar-refractivity contribution is 0.208. The van der Waals surface area contributed by atoms with E-state index in [-0.39, 0.29) is 11.5 Å². The highest BCUT2D eigenvalue weighted by atomic mass is 32.2. The van der Waals surface area contributed by atoms with Crippen LogP contribution in [-0.2, 0) is 10.0 Å². The summed E-state index contributed by atoms with van der Waals surface area (Å²) in [6.07, 6.45) is 3.00. The molecule has 0 saturated heterocycles. The Hall–Kier alpha value is -2.29. The number of nitrogens with one attached hydrogen (secondary N) is 2. The molecule has 0 radical (unpaired) electrons. The minimum Gasteiger partial charge on any atom is -0.394 e. The number of hydrogen-bond acceptors (Lipinski definition) is 5. The molecule has 132 valence electrons. The van der Waals surface area contributed by atoms with Gasteiger partial charge in [-0.05, 0) is 45.0 Å². The fourth-order valence-corrected chi connectivity index (χ4v) is 3.88. The largest absolute Gasteiger partial charge is 0.394 e. The van der Waals surface area contributed by atoms with Gasteiger partial charge in [-0.2, -0.15) is 0 Å². The standard InChI is InChI=1S/C17H20N4O3S/c1-11-8-14-13(6-7-18-16(14)20-11)15-5-4-12(9-19-15)25(23,24)21-17(2,3)10-22/h4-9,21-22H,10H2,1-3H3,(H,18,20). The Morgan fingerprint density at radius 3 is 2.64 bits per heavy atom. The number of sulfonamides is 1. The Morgan fingerprint density at radius 2 is 2.00 bits per heavy atom. The fourth-order valence-electron chi connectivity index (χ4n) is 2.54. The lowest BCUT2D eigenvalue weighted by Crippen LogP contribution is -2.46. The van der Waals surface area contributed by atoms with Gasteiger partial charge in [0.2, 0.25) is 10.0 Å². The second-order valence-corrected chi connectivity index (χ2v) is 8.28. The molecule has 25 heavy (non-hydrogen) atoms. The molecule has 0 aliphatic heterocycles. The summed E-state index contributed by atoms with van der Waals surface area (Å²) in [7, 11) is -3.76. The van der Waals surface area contributed by atoms with Crippen molar-refractivity contribution in [2.45, 2.75) is 31.2 Å². The zero-order valence-electron chi connectivity index (χ0n) is 14.2. The van der Waals surface area contributed by atoms with E-state index in [0.29, 0.717) is 5.69 Å². The Kier molecular flexibility index (Phi) is 4.36. The van der Waals surface area contributed by atoms with Gasteiger partial charge < -0.3 is 10.1 Å². The van der Waals surface area contributed by atoms with Crippen LogP contribution in [0.15, 0.2) is 41.6 Å². The van der Waals surface area contributed by atoms with Gasteiger partial charge in [0.25, 0.3) is 0 Å². The van der Waals surface area contributed by atoms with Crippen molar-refractivity contribution >= 4 is 21.1 Å². The van der Waals surface area contributed by atoms with E-state index >= 15 is 0 Å². The number of aliphatic hydroxyl groups is 1. The van der Waals surface area contributed by atoms with Crippen LogP contribution in [0.3, 0.4) is 0 Å². The van der Waals surface area contributed by atoms with Crippen LogP contribution < -0.4 is 4.72 Å². The highest BCUT2D eigenvalue weighted by Gasteiger charge is 2.25. The lowest BCUT2D eigenvalue weighted by atomic mass is 10.1. The number of H-pyrrole nitrogens is 1. The molecule has 3 rings (SSSR count). The third kappa shape index (κ3) is 3.55. The van der Waals surface area contributed by atoms with E-state index in [2.05, 4.69) is 19.7 Å². The normalized spacial score (nSPS) is 12.6. The molecule has 0 bridgehead atoms. The Labute approximate surface area is 146 Å². The number of hydrogen-bond donors (Lipinski definition) is 3. The lowest BCUT2D eigenvalue weighted by Gasteiger charge is -2.23. The molecular formula is C17H20N4O3S. The zero-order chi connectivity index (χ0) is 18.2. The number of aliphatic hydroxyl groups excluding tert-OH is 1. The quantitative estimate of drug-likeness (QED) is 0.645. The van der Waals surface area contributed by atoms with E-state index in [1.165, 1.54) is 12.3 Å². The second-order valence-electron chi connectivity index (χ2n) is 6.60. The number of aromatic nitrogens is 3. The third-order valence-electron chi connectivity index (χ3n) is 3.80. The van der Waals surface area contributed by atoms with E-state index in [4.69, 9.17) is 0 Å². The van der Waals surface area contributed by atoms with Crippen LogP contribution in [0.2, 0.25) is 0 Å². The summed E-state index contributed by atoms with van der Waals surface area (Å²) in [5.41, 5.74) is 2.34. The number of fused-ring (bicyclic) bond motifs is 1. The average molecular weight is 360 g/mol. The molecule has 7 nitrogen and oxygen atoms in total. The summed E-state index contributed by atoms with van der Waals surface area (Å²) in [5, 5.41) is 10.2. The molecule has 0 aromatic carbocycles. The van der Waals surface area contributed by atoms with Crippen molar-refractivity contribution in [2.24, 2.45) is 0 Å². The minimum absolute atomic E-state index is 0.0494. The number of aromatic amines is 1. The Bertz CT molecular complexity index is 1010. The molecule has 0 fully saturated rings. The van der Waals surface area contributed by atoms with Gasteiger partial charge in [0, 0.05) is 29.0 Å². The Morgan fingerprint density at radius 1 is 1.24 bits per heavy atom. The predicted molar refractivity (Wildman–Crippen MR) is 95.5 cm³/mol. The summed E-state index contributed by atoms with van der Waals surface area (Å²) in [4.78, 5) is 11.8. The van der Waals surface area contributed by atoms with Gasteiger partial charge in [-0.3, -0.25) is 4.98 Å². The van der Waals surface area contributed by atoms with Gasteiger partial charge >= 0.3 is 0 Å². The molecule has 3 heterocycles. The highest BCUT2D eigenvalue weighted by molar-refractivity contribution is 7.89. The van der Waals surface area contributed by atoms with E-state index in [9.17, 15) is 13.5 Å². The van der Waals surface area contributed by atoms with Crippen molar-refractivity contribution in [3.8, 4) is 11.3 Å². The number of aryl methyl sites for hydroxylation is 1. The summed E-state index contributed by atoms with van der Waals surface area (Å²) >= 11 is 0. The monoisotopic (exact) mass is 360 g/mol. The summed E-state index contributed by atoms with van der Waals surface area (Å²) in [6, 6.07) is 7.00. The first-order valence-corrected chi connectivity index (χ1v) is 9.26. The van der Waals surface area contributed by atoms with Crippen LogP contribution >= 0.6 is 0 Å². The average Bonchev–Trinajstić information content (AvgIpc) is 2.94. The van der Waals surface area contributed by atoms with Gasteiger partial charge in [0.05, 0.1) is 17.8 Å². The summed E-state index contributed by atoms with van der Waals surface area (Å²) < 4.78 is 27.2. The fraction of sp³-hybridized carbons (Fsp3) is 0.294. The van der Waals surface area contributed by atoms with Gasteiger partial charge in [0.15, 0.2) is 0 Å². The zero-order valence-corrected chi connectivity index (χ0v) is 15.1. The summed E-state index contributed by atoms with van der Waals surface area (Å²) in [6.45, 7) is 4.85. The van der Waals surface area contributed by atoms with E-state index in [1.807, 2.05) is 19.1 Å². The molecule has 3 aromatic rings. The topological polar surface area (TPSA) is 108 Å². The van der Waals surface area contributed by atoms with Crippen LogP contribution in [0.5, 0.6) is 0 Å². The molecule has 0 saturated carbocycles. The molecule has 3 N–H and O–H groups in total. The molecule has 0 unspecified atom stereocenters. The number of rotatable bonds is 5. The van der Waals surface area contributed by atoms with Crippen molar-refractivity contribution < 1.29 is 13.5 Å². The van der Waals surface area contributed by atoms with Crippen LogP contribution in [-0.4, -0.2) is 40.6 Å². The molecule has 0 spiro atoms. The maximum absolute atomic E-state index is 12.4. The van der Waals surface area contributed by atoms with Crippen molar-refractivity contribution in [3.63, 3.8) is 0 Å². The van der Waals surface area contributed by atoms with E-state index in [0.717, 1.165) is 22.3 Å². The van der Waals surface area contributed by atoms with Crippen LogP contribution in [0.4, 0.5) is 0 Å². The first-order valence-electron chi connectivity index (χ1n) is 7.77. The van der Waals surface area contributed by atoms with Gasteiger partial charge in [-0.25, -0.2) is 18.1 Å². The summed E-state index contributed by atoms with van der Waals surface area (Å²) in [5.74, 6) is 0. The second kappa shape index (κ2) is 6.21. The van der Waals surface area contributed by atoms with Gasteiger partial charge in [-0.15, -0.1) is 0 Å².